The van der Waals surface area contributed by atoms with Gasteiger partial charge >= 0.3 is 5.97 Å². The number of ether oxygens (including phenoxy) is 3. The summed E-state index contributed by atoms with van der Waals surface area (Å²) >= 11 is 0. The molecule has 0 fully saturated rings. The lowest BCUT2D eigenvalue weighted by Crippen LogP contribution is -2.33. The molecule has 1 heterocycles. The van der Waals surface area contributed by atoms with Crippen molar-refractivity contribution in [1.82, 2.24) is 0 Å². The van der Waals surface area contributed by atoms with Gasteiger partial charge in [-0.1, -0.05) is 32.8 Å². The summed E-state index contributed by atoms with van der Waals surface area (Å²) in [6.07, 6.45) is 0.824. The quantitative estimate of drug-likeness (QED) is 0.785. The minimum absolute atomic E-state index is 0.0415. The standard InChI is InChI=1S/C17H24O5/c1-4-11(5-2)16(18)15(17(19)20-6-3)12-7-8-13-14(9-12)22-10-21-13/h7-9,11,15-16,18H,4-6,10H2,1-3H3. The van der Waals surface area contributed by atoms with Crippen LogP contribution in [-0.2, 0) is 9.53 Å². The molecule has 0 aromatic heterocycles. The molecule has 2 unspecified atom stereocenters. The second-order valence-corrected chi connectivity index (χ2v) is 5.41. The number of hydrogen-bond donors (Lipinski definition) is 1. The Morgan fingerprint density at radius 2 is 1.91 bits per heavy atom. The molecule has 122 valence electrons. The van der Waals surface area contributed by atoms with Crippen molar-refractivity contribution in [2.24, 2.45) is 5.92 Å². The monoisotopic (exact) mass is 308 g/mol. The van der Waals surface area contributed by atoms with E-state index in [-0.39, 0.29) is 19.3 Å². The van der Waals surface area contributed by atoms with E-state index < -0.39 is 18.0 Å². The van der Waals surface area contributed by atoms with Crippen molar-refractivity contribution in [2.45, 2.75) is 45.6 Å². The third kappa shape index (κ3) is 3.35. The Morgan fingerprint density at radius 3 is 2.55 bits per heavy atom. The fraction of sp³-hybridized carbons (Fsp3) is 0.588. The molecule has 2 atom stereocenters. The van der Waals surface area contributed by atoms with Crippen LogP contribution in [0.3, 0.4) is 0 Å². The number of benzene rings is 1. The molecule has 0 saturated heterocycles. The van der Waals surface area contributed by atoms with Gasteiger partial charge in [-0.2, -0.15) is 0 Å². The van der Waals surface area contributed by atoms with Crippen molar-refractivity contribution in [3.8, 4) is 11.5 Å². The van der Waals surface area contributed by atoms with Crippen LogP contribution in [-0.4, -0.2) is 30.6 Å². The number of fused-ring (bicyclic) bond motifs is 1. The Morgan fingerprint density at radius 1 is 1.23 bits per heavy atom. The molecule has 1 aliphatic heterocycles. The molecular weight excluding hydrogens is 284 g/mol. The SMILES string of the molecule is CCOC(=O)C(c1ccc2c(c1)OCO2)C(O)C(CC)CC. The van der Waals surface area contributed by atoms with E-state index in [1.807, 2.05) is 13.8 Å². The minimum atomic E-state index is -0.783. The van der Waals surface area contributed by atoms with E-state index in [1.54, 1.807) is 25.1 Å². The molecule has 5 nitrogen and oxygen atoms in total. The van der Waals surface area contributed by atoms with Gasteiger partial charge < -0.3 is 19.3 Å². The molecule has 1 N–H and O–H groups in total. The number of hydrogen-bond acceptors (Lipinski definition) is 5. The van der Waals surface area contributed by atoms with Crippen LogP contribution in [0.1, 0.15) is 45.1 Å². The fourth-order valence-corrected chi connectivity index (χ4v) is 2.86. The highest BCUT2D eigenvalue weighted by Gasteiger charge is 2.34. The number of aliphatic hydroxyl groups excluding tert-OH is 1. The Kier molecular flexibility index (Phi) is 5.66. The van der Waals surface area contributed by atoms with E-state index in [2.05, 4.69) is 0 Å². The summed E-state index contributed by atoms with van der Waals surface area (Å²) in [5.41, 5.74) is 0.696. The zero-order valence-corrected chi connectivity index (χ0v) is 13.4. The molecule has 1 aromatic carbocycles. The lowest BCUT2D eigenvalue weighted by Gasteiger charge is -2.27. The largest absolute Gasteiger partial charge is 0.465 e. The normalized spacial score (nSPS) is 15.7. The molecule has 0 radical (unpaired) electrons. The molecule has 0 saturated carbocycles. The first-order valence-corrected chi connectivity index (χ1v) is 7.86. The van der Waals surface area contributed by atoms with Crippen LogP contribution in [0.2, 0.25) is 0 Å². The van der Waals surface area contributed by atoms with Crippen LogP contribution in [0.5, 0.6) is 11.5 Å². The van der Waals surface area contributed by atoms with Gasteiger partial charge in [-0.3, -0.25) is 4.79 Å². The summed E-state index contributed by atoms with van der Waals surface area (Å²) in [6.45, 7) is 6.25. The van der Waals surface area contributed by atoms with Crippen LogP contribution < -0.4 is 9.47 Å². The summed E-state index contributed by atoms with van der Waals surface area (Å²) in [4.78, 5) is 12.4. The van der Waals surface area contributed by atoms with E-state index in [4.69, 9.17) is 14.2 Å². The Balaban J connectivity index is 2.33. The first kappa shape index (κ1) is 16.6. The number of rotatable bonds is 7. The molecule has 0 spiro atoms. The average molecular weight is 308 g/mol. The second-order valence-electron chi connectivity index (χ2n) is 5.41. The van der Waals surface area contributed by atoms with Gasteiger partial charge in [0, 0.05) is 0 Å². The molecular formula is C17H24O5. The topological polar surface area (TPSA) is 65.0 Å². The van der Waals surface area contributed by atoms with E-state index in [9.17, 15) is 9.90 Å². The van der Waals surface area contributed by atoms with Gasteiger partial charge in [0.2, 0.25) is 6.79 Å². The molecule has 0 amide bonds. The Hall–Kier alpha value is -1.75. The van der Waals surface area contributed by atoms with Crippen molar-refractivity contribution in [3.63, 3.8) is 0 Å². The van der Waals surface area contributed by atoms with Crippen molar-refractivity contribution in [3.05, 3.63) is 23.8 Å². The predicted octanol–water partition coefficient (Wildman–Crippen LogP) is 2.86. The maximum Gasteiger partial charge on any atom is 0.316 e. The van der Waals surface area contributed by atoms with Crippen LogP contribution in [0.25, 0.3) is 0 Å². The predicted molar refractivity (Wildman–Crippen MR) is 82.0 cm³/mol. The van der Waals surface area contributed by atoms with Gasteiger partial charge in [-0.05, 0) is 30.5 Å². The van der Waals surface area contributed by atoms with E-state index in [1.165, 1.54) is 0 Å². The van der Waals surface area contributed by atoms with Crippen LogP contribution in [0.15, 0.2) is 18.2 Å². The van der Waals surface area contributed by atoms with E-state index in [0.29, 0.717) is 17.1 Å². The van der Waals surface area contributed by atoms with Crippen LogP contribution in [0.4, 0.5) is 0 Å². The number of carbonyl (C=O) groups is 1. The zero-order chi connectivity index (χ0) is 16.1. The lowest BCUT2D eigenvalue weighted by molar-refractivity contribution is -0.149. The van der Waals surface area contributed by atoms with Gasteiger partial charge in [-0.25, -0.2) is 0 Å². The Labute approximate surface area is 131 Å². The number of aliphatic hydroxyl groups is 1. The molecule has 5 heteroatoms. The van der Waals surface area contributed by atoms with E-state index >= 15 is 0 Å². The first-order valence-electron chi connectivity index (χ1n) is 7.86. The summed E-state index contributed by atoms with van der Waals surface area (Å²) in [5.74, 6) is 0.187. The Bertz CT molecular complexity index is 510. The number of carbonyl (C=O) groups excluding carboxylic acids is 1. The minimum Gasteiger partial charge on any atom is -0.465 e. The van der Waals surface area contributed by atoms with E-state index in [0.717, 1.165) is 12.8 Å². The third-order valence-corrected chi connectivity index (χ3v) is 4.17. The smallest absolute Gasteiger partial charge is 0.316 e. The summed E-state index contributed by atoms with van der Waals surface area (Å²) in [6, 6.07) is 5.32. The molecule has 0 aliphatic carbocycles. The van der Waals surface area contributed by atoms with Gasteiger partial charge in [0.1, 0.15) is 5.92 Å². The first-order chi connectivity index (χ1) is 10.6. The molecule has 1 aliphatic rings. The fourth-order valence-electron chi connectivity index (χ4n) is 2.86. The van der Waals surface area contributed by atoms with Gasteiger partial charge in [0.15, 0.2) is 11.5 Å². The van der Waals surface area contributed by atoms with Crippen LogP contribution >= 0.6 is 0 Å². The summed E-state index contributed by atoms with van der Waals surface area (Å²) in [7, 11) is 0. The highest BCUT2D eigenvalue weighted by atomic mass is 16.7. The van der Waals surface area contributed by atoms with Crippen molar-refractivity contribution >= 4 is 5.97 Å². The number of esters is 1. The van der Waals surface area contributed by atoms with Gasteiger partial charge in [-0.15, -0.1) is 0 Å². The molecule has 22 heavy (non-hydrogen) atoms. The highest BCUT2D eigenvalue weighted by Crippen LogP contribution is 2.37. The lowest BCUT2D eigenvalue weighted by atomic mass is 9.83. The zero-order valence-electron chi connectivity index (χ0n) is 13.4. The average Bonchev–Trinajstić information content (AvgIpc) is 2.96. The summed E-state index contributed by atoms with van der Waals surface area (Å²) < 4.78 is 15.8. The van der Waals surface area contributed by atoms with Crippen LogP contribution in [0, 0.1) is 5.92 Å². The van der Waals surface area contributed by atoms with Crippen molar-refractivity contribution in [1.29, 1.82) is 0 Å². The molecule has 2 rings (SSSR count). The maximum atomic E-state index is 12.4. The van der Waals surface area contributed by atoms with Gasteiger partial charge in [0.05, 0.1) is 12.7 Å². The van der Waals surface area contributed by atoms with Gasteiger partial charge in [0.25, 0.3) is 0 Å². The summed E-state index contributed by atoms with van der Waals surface area (Å²) in [5, 5.41) is 10.7. The third-order valence-electron chi connectivity index (χ3n) is 4.17. The van der Waals surface area contributed by atoms with Crippen molar-refractivity contribution < 1.29 is 24.1 Å². The second kappa shape index (κ2) is 7.49. The van der Waals surface area contributed by atoms with Crippen molar-refractivity contribution in [2.75, 3.05) is 13.4 Å². The maximum absolute atomic E-state index is 12.4. The highest BCUT2D eigenvalue weighted by molar-refractivity contribution is 5.79. The molecule has 0 bridgehead atoms. The molecule has 1 aromatic rings.